The molecule has 4 nitrogen and oxygen atoms in total. The van der Waals surface area contributed by atoms with Gasteiger partial charge in [0, 0.05) is 15.3 Å². The van der Waals surface area contributed by atoms with E-state index in [4.69, 9.17) is 4.74 Å². The Morgan fingerprint density at radius 3 is 2.39 bits per heavy atom. The summed E-state index contributed by atoms with van der Waals surface area (Å²) in [6, 6.07) is 12.9. The Balaban J connectivity index is 1.78. The molecule has 0 radical (unpaired) electrons. The van der Waals surface area contributed by atoms with Crippen molar-refractivity contribution in [1.29, 1.82) is 0 Å². The summed E-state index contributed by atoms with van der Waals surface area (Å²) in [5, 5.41) is 2.62. The van der Waals surface area contributed by atoms with Crippen LogP contribution in [0, 0.1) is 9.39 Å². The first kappa shape index (κ1) is 17.1. The number of carbonyl (C=O) groups excluding carboxylic acids is 2. The van der Waals surface area contributed by atoms with Gasteiger partial charge in [-0.05, 0) is 70.6 Å². The number of carbonyl (C=O) groups is 2. The third-order valence-electron chi connectivity index (χ3n) is 2.76. The SMILES string of the molecule is O=C(COC(=O)/C=C/c1ccc(F)cc1)Nc1ccc(I)cc1. The molecule has 0 aliphatic rings. The van der Waals surface area contributed by atoms with E-state index < -0.39 is 11.9 Å². The Morgan fingerprint density at radius 1 is 1.09 bits per heavy atom. The molecule has 0 aliphatic carbocycles. The molecule has 0 aromatic heterocycles. The van der Waals surface area contributed by atoms with Gasteiger partial charge in [-0.2, -0.15) is 0 Å². The highest BCUT2D eigenvalue weighted by molar-refractivity contribution is 14.1. The third kappa shape index (κ3) is 6.19. The number of nitrogens with one attached hydrogen (secondary N) is 1. The van der Waals surface area contributed by atoms with Gasteiger partial charge in [-0.1, -0.05) is 12.1 Å². The summed E-state index contributed by atoms with van der Waals surface area (Å²) >= 11 is 2.16. The molecule has 0 heterocycles. The van der Waals surface area contributed by atoms with Crippen LogP contribution < -0.4 is 5.32 Å². The molecule has 6 heteroatoms. The van der Waals surface area contributed by atoms with Gasteiger partial charge in [-0.25, -0.2) is 9.18 Å². The van der Waals surface area contributed by atoms with Gasteiger partial charge in [-0.3, -0.25) is 4.79 Å². The molecule has 2 aromatic carbocycles. The van der Waals surface area contributed by atoms with Crippen LogP contribution in [-0.2, 0) is 14.3 Å². The summed E-state index contributed by atoms with van der Waals surface area (Å²) in [6.45, 7) is -0.376. The van der Waals surface area contributed by atoms with Gasteiger partial charge >= 0.3 is 5.97 Å². The summed E-state index contributed by atoms with van der Waals surface area (Å²) in [7, 11) is 0. The smallest absolute Gasteiger partial charge is 0.331 e. The van der Waals surface area contributed by atoms with E-state index in [2.05, 4.69) is 27.9 Å². The van der Waals surface area contributed by atoms with Crippen molar-refractivity contribution >= 4 is 46.2 Å². The first-order valence-corrected chi connectivity index (χ1v) is 7.76. The summed E-state index contributed by atoms with van der Waals surface area (Å²) in [6.07, 6.45) is 2.67. The average molecular weight is 425 g/mol. The van der Waals surface area contributed by atoms with Gasteiger partial charge in [0.25, 0.3) is 5.91 Å². The number of ether oxygens (including phenoxy) is 1. The van der Waals surface area contributed by atoms with E-state index in [1.807, 2.05) is 12.1 Å². The first-order valence-electron chi connectivity index (χ1n) is 6.69. The quantitative estimate of drug-likeness (QED) is 0.453. The molecule has 2 rings (SSSR count). The van der Waals surface area contributed by atoms with Crippen LogP contribution in [0.4, 0.5) is 10.1 Å². The normalized spacial score (nSPS) is 10.5. The lowest BCUT2D eigenvalue weighted by molar-refractivity contribution is -0.142. The van der Waals surface area contributed by atoms with Crippen LogP contribution in [0.1, 0.15) is 5.56 Å². The molecule has 0 saturated carbocycles. The van der Waals surface area contributed by atoms with Crippen molar-refractivity contribution < 1.29 is 18.7 Å². The van der Waals surface area contributed by atoms with Gasteiger partial charge in [0.1, 0.15) is 5.82 Å². The summed E-state index contributed by atoms with van der Waals surface area (Å²) < 4.78 is 18.6. The molecule has 2 aromatic rings. The predicted octanol–water partition coefficient (Wildman–Crippen LogP) is 3.63. The monoisotopic (exact) mass is 425 g/mol. The minimum atomic E-state index is -0.646. The van der Waals surface area contributed by atoms with E-state index in [1.54, 1.807) is 12.1 Å². The highest BCUT2D eigenvalue weighted by Gasteiger charge is 2.05. The van der Waals surface area contributed by atoms with Crippen LogP contribution in [0.5, 0.6) is 0 Å². The molecule has 0 fully saturated rings. The zero-order valence-corrected chi connectivity index (χ0v) is 14.1. The van der Waals surface area contributed by atoms with Gasteiger partial charge in [0.2, 0.25) is 0 Å². The van der Waals surface area contributed by atoms with Gasteiger partial charge < -0.3 is 10.1 Å². The Labute approximate surface area is 146 Å². The maximum absolute atomic E-state index is 12.7. The average Bonchev–Trinajstić information content (AvgIpc) is 2.54. The van der Waals surface area contributed by atoms with Gasteiger partial charge in [0.05, 0.1) is 0 Å². The number of rotatable bonds is 5. The molecular formula is C17H13FINO3. The topological polar surface area (TPSA) is 55.4 Å². The molecule has 0 spiro atoms. The molecule has 23 heavy (non-hydrogen) atoms. The van der Waals surface area contributed by atoms with Crippen LogP contribution in [0.3, 0.4) is 0 Å². The second-order valence-corrected chi connectivity index (χ2v) is 5.79. The number of esters is 1. The van der Waals surface area contributed by atoms with Gasteiger partial charge in [0.15, 0.2) is 6.61 Å². The number of hydrogen-bond donors (Lipinski definition) is 1. The number of anilines is 1. The zero-order chi connectivity index (χ0) is 16.7. The lowest BCUT2D eigenvalue weighted by Crippen LogP contribution is -2.20. The van der Waals surface area contributed by atoms with Crippen molar-refractivity contribution in [3.05, 3.63) is 69.6 Å². The van der Waals surface area contributed by atoms with Crippen molar-refractivity contribution in [3.63, 3.8) is 0 Å². The summed E-state index contributed by atoms with van der Waals surface area (Å²) in [5.74, 6) is -1.42. The minimum Gasteiger partial charge on any atom is -0.452 e. The Bertz CT molecular complexity index is 712. The molecule has 1 amide bonds. The second-order valence-electron chi connectivity index (χ2n) is 4.55. The van der Waals surface area contributed by atoms with Crippen molar-refractivity contribution in [2.24, 2.45) is 0 Å². The summed E-state index contributed by atoms with van der Waals surface area (Å²) in [4.78, 5) is 23.2. The Morgan fingerprint density at radius 2 is 1.74 bits per heavy atom. The molecule has 0 aliphatic heterocycles. The number of amides is 1. The fourth-order valence-corrected chi connectivity index (χ4v) is 2.01. The molecule has 0 saturated heterocycles. The maximum Gasteiger partial charge on any atom is 0.331 e. The highest BCUT2D eigenvalue weighted by Crippen LogP contribution is 2.11. The second kappa shape index (κ2) is 8.42. The molecule has 1 N–H and O–H groups in total. The van der Waals surface area contributed by atoms with Crippen molar-refractivity contribution in [2.45, 2.75) is 0 Å². The molecule has 118 valence electrons. The van der Waals surface area contributed by atoms with Crippen LogP contribution >= 0.6 is 22.6 Å². The number of halogens is 2. The Hall–Kier alpha value is -2.22. The van der Waals surface area contributed by atoms with E-state index in [0.29, 0.717) is 11.3 Å². The van der Waals surface area contributed by atoms with Crippen molar-refractivity contribution in [3.8, 4) is 0 Å². The number of hydrogen-bond acceptors (Lipinski definition) is 3. The third-order valence-corrected chi connectivity index (χ3v) is 3.47. The molecule has 0 atom stereocenters. The van der Waals surface area contributed by atoms with E-state index >= 15 is 0 Å². The first-order chi connectivity index (χ1) is 11.0. The van der Waals surface area contributed by atoms with Crippen LogP contribution in [0.15, 0.2) is 54.6 Å². The fraction of sp³-hybridized carbons (Fsp3) is 0.0588. The lowest BCUT2D eigenvalue weighted by atomic mass is 10.2. The molecular weight excluding hydrogens is 412 g/mol. The fourth-order valence-electron chi connectivity index (χ4n) is 1.65. The van der Waals surface area contributed by atoms with E-state index in [0.717, 1.165) is 3.57 Å². The lowest BCUT2D eigenvalue weighted by Gasteiger charge is -2.05. The molecule has 0 unspecified atom stereocenters. The van der Waals surface area contributed by atoms with E-state index in [1.165, 1.54) is 36.4 Å². The summed E-state index contributed by atoms with van der Waals surface area (Å²) in [5.41, 5.74) is 1.29. The van der Waals surface area contributed by atoms with Crippen LogP contribution in [0.2, 0.25) is 0 Å². The van der Waals surface area contributed by atoms with E-state index in [-0.39, 0.29) is 12.4 Å². The van der Waals surface area contributed by atoms with Crippen molar-refractivity contribution in [1.82, 2.24) is 0 Å². The van der Waals surface area contributed by atoms with Gasteiger partial charge in [-0.15, -0.1) is 0 Å². The highest BCUT2D eigenvalue weighted by atomic mass is 127. The Kier molecular flexibility index (Phi) is 6.28. The predicted molar refractivity (Wildman–Crippen MR) is 94.2 cm³/mol. The van der Waals surface area contributed by atoms with Crippen molar-refractivity contribution in [2.75, 3.05) is 11.9 Å². The zero-order valence-electron chi connectivity index (χ0n) is 12.0. The standard InChI is InChI=1S/C17H13FINO3/c18-13-4-1-12(2-5-13)3-10-17(22)23-11-16(21)20-15-8-6-14(19)7-9-15/h1-10H,11H2,(H,20,21)/b10-3+. The van der Waals surface area contributed by atoms with Crippen LogP contribution in [-0.4, -0.2) is 18.5 Å². The number of benzene rings is 2. The maximum atomic E-state index is 12.7. The van der Waals surface area contributed by atoms with E-state index in [9.17, 15) is 14.0 Å². The largest absolute Gasteiger partial charge is 0.452 e. The molecule has 0 bridgehead atoms. The van der Waals surface area contributed by atoms with Crippen LogP contribution in [0.25, 0.3) is 6.08 Å². The minimum absolute atomic E-state index is 0.350.